The van der Waals surface area contributed by atoms with E-state index in [0.29, 0.717) is 10.4 Å². The molecular formula is C18H28O12Si8. The average molecular weight is 661 g/mol. The summed E-state index contributed by atoms with van der Waals surface area (Å²) in [5.74, 6) is 0. The summed E-state index contributed by atoms with van der Waals surface area (Å²) < 4.78 is 81.9. The molecule has 2 aromatic carbocycles. The fourth-order valence-electron chi connectivity index (χ4n) is 5.62. The molecule has 0 saturated carbocycles. The van der Waals surface area contributed by atoms with Crippen molar-refractivity contribution in [2.24, 2.45) is 0 Å². The predicted molar refractivity (Wildman–Crippen MR) is 146 cm³/mol. The lowest BCUT2D eigenvalue weighted by molar-refractivity contribution is -0.0139. The maximum Gasteiger partial charge on any atom is 0.515 e. The van der Waals surface area contributed by atoms with Crippen LogP contribution in [0.2, 0.25) is 39.3 Å². The summed E-state index contributed by atoms with van der Waals surface area (Å²) in [6.45, 7) is 10.6. The molecule has 204 valence electrons. The molecule has 20 heteroatoms. The van der Waals surface area contributed by atoms with E-state index in [1.807, 2.05) is 60.7 Å². The van der Waals surface area contributed by atoms with Gasteiger partial charge in [0.15, 0.2) is 0 Å². The zero-order valence-electron chi connectivity index (χ0n) is 21.7. The van der Waals surface area contributed by atoms with Crippen LogP contribution in [0, 0.1) is 0 Å². The lowest BCUT2D eigenvalue weighted by Crippen LogP contribution is -2.89. The molecule has 0 radical (unpaired) electrons. The second-order valence-electron chi connectivity index (χ2n) is 10.2. The van der Waals surface area contributed by atoms with Gasteiger partial charge in [0.2, 0.25) is 0 Å². The normalized spacial score (nSPS) is 51.5. The van der Waals surface area contributed by atoms with Crippen LogP contribution < -0.4 is 10.4 Å². The summed E-state index contributed by atoms with van der Waals surface area (Å²) in [7, 11) is -29.8. The molecule has 12 nitrogen and oxygen atoms in total. The van der Waals surface area contributed by atoms with Crippen molar-refractivity contribution < 1.29 is 49.4 Å². The van der Waals surface area contributed by atoms with Crippen LogP contribution in [0.5, 0.6) is 0 Å². The van der Waals surface area contributed by atoms with Crippen LogP contribution in [0.15, 0.2) is 60.7 Å². The fraction of sp³-hybridized carbons (Fsp3) is 0.333. The van der Waals surface area contributed by atoms with Gasteiger partial charge < -0.3 is 49.4 Å². The smallest absolute Gasteiger partial charge is 0.374 e. The van der Waals surface area contributed by atoms with E-state index in [9.17, 15) is 0 Å². The van der Waals surface area contributed by atoms with Crippen molar-refractivity contribution in [1.82, 2.24) is 0 Å². The Morgan fingerprint density at radius 1 is 0.316 bits per heavy atom. The van der Waals surface area contributed by atoms with Gasteiger partial charge in [0.05, 0.1) is 0 Å². The van der Waals surface area contributed by atoms with E-state index in [4.69, 9.17) is 49.4 Å². The summed E-state index contributed by atoms with van der Waals surface area (Å²) in [5, 5.41) is 1.37. The van der Waals surface area contributed by atoms with Gasteiger partial charge in [-0.3, -0.25) is 0 Å². The predicted octanol–water partition coefficient (Wildman–Crippen LogP) is 1.36. The minimum atomic E-state index is -3.92. The van der Waals surface area contributed by atoms with Crippen molar-refractivity contribution in [2.45, 2.75) is 39.3 Å². The molecule has 0 aliphatic carbocycles. The minimum absolute atomic E-state index is 0.684. The van der Waals surface area contributed by atoms with Crippen molar-refractivity contribution in [2.75, 3.05) is 0 Å². The van der Waals surface area contributed by atoms with E-state index in [1.165, 1.54) is 0 Å². The minimum Gasteiger partial charge on any atom is -0.374 e. The highest BCUT2D eigenvalue weighted by Gasteiger charge is 2.80. The van der Waals surface area contributed by atoms with Crippen molar-refractivity contribution in [3.8, 4) is 0 Å². The van der Waals surface area contributed by atoms with Crippen LogP contribution in [-0.2, 0) is 49.4 Å². The molecule has 0 unspecified atom stereocenters. The zero-order chi connectivity index (χ0) is 26.7. The van der Waals surface area contributed by atoms with Gasteiger partial charge in [0.25, 0.3) is 0 Å². The summed E-state index contributed by atoms with van der Waals surface area (Å²) in [5.41, 5.74) is 0. The van der Waals surface area contributed by atoms with Crippen LogP contribution in [0.25, 0.3) is 0 Å². The van der Waals surface area contributed by atoms with Crippen LogP contribution >= 0.6 is 0 Å². The van der Waals surface area contributed by atoms with Gasteiger partial charge in [0, 0.05) is 49.7 Å². The maximum absolute atomic E-state index is 6.96. The first kappa shape index (κ1) is 26.6. The van der Waals surface area contributed by atoms with Crippen molar-refractivity contribution in [3.05, 3.63) is 60.7 Å². The number of hydrogen-bond donors (Lipinski definition) is 0. The Morgan fingerprint density at radius 2 is 0.526 bits per heavy atom. The van der Waals surface area contributed by atoms with Gasteiger partial charge in [-0.05, 0) is 0 Å². The van der Waals surface area contributed by atoms with E-state index in [0.717, 1.165) is 0 Å². The lowest BCUT2D eigenvalue weighted by atomic mass is 10.4. The molecule has 8 rings (SSSR count). The molecule has 6 fully saturated rings. The highest BCUT2D eigenvalue weighted by Crippen LogP contribution is 2.47. The molecular weight excluding hydrogens is 633 g/mol. The Morgan fingerprint density at radius 3 is 0.789 bits per heavy atom. The van der Waals surface area contributed by atoms with Gasteiger partial charge in [-0.2, -0.15) is 0 Å². The quantitative estimate of drug-likeness (QED) is 0.434. The molecule has 0 spiro atoms. The average Bonchev–Trinajstić information content (AvgIpc) is 2.73. The molecule has 6 aliphatic rings. The van der Waals surface area contributed by atoms with E-state index in [-0.39, 0.29) is 0 Å². The number of rotatable bonds is 2. The van der Waals surface area contributed by atoms with E-state index in [2.05, 4.69) is 0 Å². The third-order valence-corrected chi connectivity index (χ3v) is 41.6. The van der Waals surface area contributed by atoms with Crippen LogP contribution in [0.3, 0.4) is 0 Å². The topological polar surface area (TPSA) is 111 Å². The van der Waals surface area contributed by atoms with Crippen molar-refractivity contribution in [3.63, 3.8) is 0 Å². The SMILES string of the molecule is C[Si]12O[Si]3(C)O[Si]4(C)O[Si](C)(O1)O[Si]1(c5ccccc5)O[Si](C)(O2)O[Si](c2ccccc2)(O3)O[Si](C)(O4)O1. The molecule has 6 aliphatic heterocycles. The number of hydrogen-bond acceptors (Lipinski definition) is 12. The maximum atomic E-state index is 6.96. The lowest BCUT2D eigenvalue weighted by Gasteiger charge is -2.61. The Kier molecular flexibility index (Phi) is 5.71. The largest absolute Gasteiger partial charge is 0.515 e. The standard InChI is InChI=1S/C18H28O12Si8/c1-31-19-33(3)21-32(2)22-34(4,20-31)26-38(18-15-11-8-12-16-18)28-35(5,23-31)27-37(25-33,17-13-9-7-10-14-17)29-36(6,24-32)30-38/h7-16H,1-6H3. The summed E-state index contributed by atoms with van der Waals surface area (Å²) in [6.07, 6.45) is 0. The van der Waals surface area contributed by atoms with E-state index >= 15 is 0 Å². The second-order valence-corrected chi connectivity index (χ2v) is 33.8. The molecule has 2 aromatic rings. The highest BCUT2D eigenvalue weighted by molar-refractivity contribution is 7.06. The Labute approximate surface area is 229 Å². The van der Waals surface area contributed by atoms with Gasteiger partial charge in [-0.15, -0.1) is 0 Å². The van der Waals surface area contributed by atoms with Gasteiger partial charge in [0.1, 0.15) is 0 Å². The zero-order valence-corrected chi connectivity index (χ0v) is 29.7. The van der Waals surface area contributed by atoms with Crippen LogP contribution in [-0.4, -0.2) is 70.4 Å². The molecule has 8 bridgehead atoms. The summed E-state index contributed by atoms with van der Waals surface area (Å²) in [4.78, 5) is 0. The first-order valence-corrected chi connectivity index (χ1v) is 29.0. The van der Waals surface area contributed by atoms with Gasteiger partial charge >= 0.3 is 70.4 Å². The third-order valence-electron chi connectivity index (χ3n) is 6.40. The number of benzene rings is 2. The summed E-state index contributed by atoms with van der Waals surface area (Å²) in [6, 6.07) is 18.9. The first-order valence-electron chi connectivity index (χ1n) is 12.2. The Balaban J connectivity index is 1.54. The van der Waals surface area contributed by atoms with Crippen LogP contribution in [0.1, 0.15) is 0 Å². The van der Waals surface area contributed by atoms with E-state index in [1.54, 1.807) is 39.3 Å². The molecule has 0 aromatic heterocycles. The highest BCUT2D eigenvalue weighted by atomic mass is 28.6. The monoisotopic (exact) mass is 660 g/mol. The molecule has 0 amide bonds. The van der Waals surface area contributed by atoms with E-state index < -0.39 is 70.4 Å². The Bertz CT molecular complexity index is 1150. The third kappa shape index (κ3) is 4.32. The summed E-state index contributed by atoms with van der Waals surface area (Å²) >= 11 is 0. The van der Waals surface area contributed by atoms with Gasteiger partial charge in [-0.25, -0.2) is 0 Å². The molecule has 38 heavy (non-hydrogen) atoms. The molecule has 6 heterocycles. The van der Waals surface area contributed by atoms with Gasteiger partial charge in [-0.1, -0.05) is 60.7 Å². The van der Waals surface area contributed by atoms with Crippen molar-refractivity contribution in [1.29, 1.82) is 0 Å². The molecule has 6 saturated heterocycles. The first-order chi connectivity index (χ1) is 17.7. The Hall–Kier alpha value is -0.305. The second kappa shape index (κ2) is 8.16. The fourth-order valence-corrected chi connectivity index (χ4v) is 50.5. The molecule has 0 N–H and O–H groups in total. The van der Waals surface area contributed by atoms with Crippen molar-refractivity contribution >= 4 is 80.8 Å². The molecule has 0 atom stereocenters. The van der Waals surface area contributed by atoms with Crippen LogP contribution in [0.4, 0.5) is 0 Å².